The fourth-order valence-electron chi connectivity index (χ4n) is 1.54. The predicted octanol–water partition coefficient (Wildman–Crippen LogP) is 2.67. The number of rotatable bonds is 4. The van der Waals surface area contributed by atoms with E-state index in [1.165, 1.54) is 12.1 Å². The van der Waals surface area contributed by atoms with E-state index in [4.69, 9.17) is 4.74 Å². The van der Waals surface area contributed by atoms with Gasteiger partial charge in [-0.05, 0) is 19.1 Å². The third kappa shape index (κ3) is 2.97. The highest BCUT2D eigenvalue weighted by Crippen LogP contribution is 2.31. The van der Waals surface area contributed by atoms with Crippen LogP contribution in [0.15, 0.2) is 24.3 Å². The Hall–Kier alpha value is -2.77. The molecule has 0 spiro atoms. The van der Waals surface area contributed by atoms with Crippen LogP contribution < -0.4 is 10.1 Å². The van der Waals surface area contributed by atoms with E-state index in [9.17, 15) is 14.5 Å². The number of benzene rings is 1. The molecule has 0 atom stereocenters. The lowest BCUT2D eigenvalue weighted by molar-refractivity contribution is -0.385. The molecule has 8 heteroatoms. The van der Waals surface area contributed by atoms with E-state index in [1.807, 2.05) is 0 Å². The minimum Gasteiger partial charge on any atom is -0.432 e. The number of ether oxygens (including phenoxy) is 1. The highest BCUT2D eigenvalue weighted by atomic mass is 19.1. The molecule has 0 aliphatic heterocycles. The van der Waals surface area contributed by atoms with Crippen LogP contribution in [-0.4, -0.2) is 21.9 Å². The topological polar surface area (TPSA) is 90.2 Å². The molecule has 1 aromatic heterocycles. The lowest BCUT2D eigenvalue weighted by Crippen LogP contribution is -2.01. The molecule has 2 rings (SSSR count). The SMILES string of the molecule is CNc1nc(C)cc(Oc2ccc(F)cc2[N+](=O)[O-])n1. The first-order valence-corrected chi connectivity index (χ1v) is 5.65. The predicted molar refractivity (Wildman–Crippen MR) is 69.4 cm³/mol. The third-order valence-electron chi connectivity index (χ3n) is 2.39. The number of nitro groups is 1. The molecule has 1 aromatic carbocycles. The lowest BCUT2D eigenvalue weighted by atomic mass is 10.3. The van der Waals surface area contributed by atoms with Crippen LogP contribution >= 0.6 is 0 Å². The highest BCUT2D eigenvalue weighted by molar-refractivity contribution is 5.48. The van der Waals surface area contributed by atoms with Gasteiger partial charge in [-0.1, -0.05) is 0 Å². The van der Waals surface area contributed by atoms with Gasteiger partial charge < -0.3 is 10.1 Å². The molecule has 0 amide bonds. The first kappa shape index (κ1) is 13.7. The van der Waals surface area contributed by atoms with E-state index >= 15 is 0 Å². The number of halogens is 1. The zero-order valence-corrected chi connectivity index (χ0v) is 10.8. The Morgan fingerprint density at radius 1 is 1.35 bits per heavy atom. The summed E-state index contributed by atoms with van der Waals surface area (Å²) in [7, 11) is 1.64. The molecule has 0 fully saturated rings. The minimum atomic E-state index is -0.717. The van der Waals surface area contributed by atoms with Gasteiger partial charge in [0.15, 0.2) is 0 Å². The molecular weight excluding hydrogens is 267 g/mol. The Morgan fingerprint density at radius 3 is 2.75 bits per heavy atom. The second-order valence-electron chi connectivity index (χ2n) is 3.89. The summed E-state index contributed by atoms with van der Waals surface area (Å²) in [6.07, 6.45) is 0. The molecule has 1 heterocycles. The molecule has 20 heavy (non-hydrogen) atoms. The summed E-state index contributed by atoms with van der Waals surface area (Å²) in [6, 6.07) is 4.58. The van der Waals surface area contributed by atoms with Gasteiger partial charge in [0, 0.05) is 18.8 Å². The van der Waals surface area contributed by atoms with Crippen molar-refractivity contribution in [2.24, 2.45) is 0 Å². The van der Waals surface area contributed by atoms with Gasteiger partial charge in [-0.3, -0.25) is 10.1 Å². The lowest BCUT2D eigenvalue weighted by Gasteiger charge is -2.07. The van der Waals surface area contributed by atoms with Crippen LogP contribution in [0, 0.1) is 22.9 Å². The van der Waals surface area contributed by atoms with Crippen molar-refractivity contribution >= 4 is 11.6 Å². The van der Waals surface area contributed by atoms with Gasteiger partial charge in [0.2, 0.25) is 17.6 Å². The summed E-state index contributed by atoms with van der Waals surface area (Å²) in [5.41, 5.74) is 0.163. The summed E-state index contributed by atoms with van der Waals surface area (Å²) in [5, 5.41) is 13.6. The molecule has 104 valence electrons. The summed E-state index contributed by atoms with van der Waals surface area (Å²) in [5.74, 6) is -0.336. The second-order valence-corrected chi connectivity index (χ2v) is 3.89. The Bertz CT molecular complexity index is 663. The maximum absolute atomic E-state index is 13.0. The number of nitrogens with zero attached hydrogens (tertiary/aromatic N) is 3. The first-order valence-electron chi connectivity index (χ1n) is 5.65. The highest BCUT2D eigenvalue weighted by Gasteiger charge is 2.17. The van der Waals surface area contributed by atoms with Gasteiger partial charge in [-0.25, -0.2) is 9.37 Å². The molecule has 0 bridgehead atoms. The molecule has 0 saturated heterocycles. The van der Waals surface area contributed by atoms with Gasteiger partial charge in [-0.15, -0.1) is 0 Å². The van der Waals surface area contributed by atoms with E-state index in [-0.39, 0.29) is 11.6 Å². The fourth-order valence-corrected chi connectivity index (χ4v) is 1.54. The van der Waals surface area contributed by atoms with Crippen molar-refractivity contribution in [2.75, 3.05) is 12.4 Å². The maximum atomic E-state index is 13.0. The molecule has 0 aliphatic rings. The zero-order valence-electron chi connectivity index (χ0n) is 10.8. The summed E-state index contributed by atoms with van der Waals surface area (Å²) < 4.78 is 18.4. The third-order valence-corrected chi connectivity index (χ3v) is 2.39. The molecule has 1 N–H and O–H groups in total. The van der Waals surface area contributed by atoms with E-state index in [1.54, 1.807) is 14.0 Å². The quantitative estimate of drug-likeness (QED) is 0.683. The molecule has 0 aliphatic carbocycles. The fraction of sp³-hybridized carbons (Fsp3) is 0.167. The molecule has 2 aromatic rings. The van der Waals surface area contributed by atoms with E-state index < -0.39 is 16.4 Å². The molecular formula is C12H11FN4O3. The molecule has 0 radical (unpaired) electrons. The van der Waals surface area contributed by atoms with Crippen molar-refractivity contribution in [3.8, 4) is 11.6 Å². The van der Waals surface area contributed by atoms with Crippen molar-refractivity contribution in [2.45, 2.75) is 6.92 Å². The molecule has 7 nitrogen and oxygen atoms in total. The van der Waals surface area contributed by atoms with Crippen LogP contribution in [0.5, 0.6) is 11.6 Å². The average molecular weight is 278 g/mol. The second kappa shape index (κ2) is 5.47. The minimum absolute atomic E-state index is 0.0865. The Labute approximate surface area is 113 Å². The average Bonchev–Trinajstić information content (AvgIpc) is 2.40. The number of aryl methyl sites for hydroxylation is 1. The smallest absolute Gasteiger partial charge is 0.314 e. The number of hydrogen-bond donors (Lipinski definition) is 1. The Balaban J connectivity index is 2.39. The van der Waals surface area contributed by atoms with Gasteiger partial charge in [-0.2, -0.15) is 4.98 Å². The number of aromatic nitrogens is 2. The summed E-state index contributed by atoms with van der Waals surface area (Å²) in [6.45, 7) is 1.73. The number of nitro benzene ring substituents is 1. The van der Waals surface area contributed by atoms with Crippen molar-refractivity contribution in [1.29, 1.82) is 0 Å². The van der Waals surface area contributed by atoms with E-state index in [0.717, 1.165) is 12.1 Å². The number of hydrogen-bond acceptors (Lipinski definition) is 6. The summed E-state index contributed by atoms with van der Waals surface area (Å²) in [4.78, 5) is 18.2. The Morgan fingerprint density at radius 2 is 2.10 bits per heavy atom. The molecule has 0 saturated carbocycles. The van der Waals surface area contributed by atoms with Crippen LogP contribution in [0.25, 0.3) is 0 Å². The van der Waals surface area contributed by atoms with Crippen LogP contribution in [-0.2, 0) is 0 Å². The van der Waals surface area contributed by atoms with Crippen molar-refractivity contribution in [1.82, 2.24) is 9.97 Å². The van der Waals surface area contributed by atoms with Crippen LogP contribution in [0.2, 0.25) is 0 Å². The Kier molecular flexibility index (Phi) is 3.74. The van der Waals surface area contributed by atoms with Crippen molar-refractivity contribution in [3.05, 3.63) is 45.9 Å². The zero-order chi connectivity index (χ0) is 14.7. The maximum Gasteiger partial charge on any atom is 0.314 e. The number of anilines is 1. The van der Waals surface area contributed by atoms with E-state index in [0.29, 0.717) is 11.6 Å². The van der Waals surface area contributed by atoms with Crippen molar-refractivity contribution in [3.63, 3.8) is 0 Å². The van der Waals surface area contributed by atoms with Gasteiger partial charge in [0.25, 0.3) is 0 Å². The van der Waals surface area contributed by atoms with Crippen molar-refractivity contribution < 1.29 is 14.1 Å². The first-order chi connectivity index (χ1) is 9.49. The number of nitrogens with one attached hydrogen (secondary N) is 1. The van der Waals surface area contributed by atoms with Crippen LogP contribution in [0.4, 0.5) is 16.0 Å². The van der Waals surface area contributed by atoms with Gasteiger partial charge in [0.05, 0.1) is 11.0 Å². The largest absolute Gasteiger partial charge is 0.432 e. The monoisotopic (exact) mass is 278 g/mol. The van der Waals surface area contributed by atoms with Crippen LogP contribution in [0.1, 0.15) is 5.69 Å². The van der Waals surface area contributed by atoms with Gasteiger partial charge in [0.1, 0.15) is 5.82 Å². The van der Waals surface area contributed by atoms with Crippen LogP contribution in [0.3, 0.4) is 0 Å². The van der Waals surface area contributed by atoms with Gasteiger partial charge >= 0.3 is 5.69 Å². The standard InChI is InChI=1S/C12H11FN4O3/c1-7-5-11(16-12(14-2)15-7)20-10-4-3-8(13)6-9(10)17(18)19/h3-6H,1-2H3,(H,14,15,16). The van der Waals surface area contributed by atoms with E-state index in [2.05, 4.69) is 15.3 Å². The summed E-state index contributed by atoms with van der Waals surface area (Å²) >= 11 is 0. The normalized spacial score (nSPS) is 10.2. The molecule has 0 unspecified atom stereocenters.